The summed E-state index contributed by atoms with van der Waals surface area (Å²) in [4.78, 5) is 25.1. The summed E-state index contributed by atoms with van der Waals surface area (Å²) in [5.74, 6) is 0.435. The molecule has 0 unspecified atom stereocenters. The van der Waals surface area contributed by atoms with Crippen molar-refractivity contribution in [2.45, 2.75) is 25.9 Å². The van der Waals surface area contributed by atoms with Crippen LogP contribution >= 0.6 is 11.3 Å². The lowest BCUT2D eigenvalue weighted by molar-refractivity contribution is -0.153. The third-order valence-electron chi connectivity index (χ3n) is 3.47. The van der Waals surface area contributed by atoms with E-state index in [1.165, 1.54) is 0 Å². The van der Waals surface area contributed by atoms with Crippen molar-refractivity contribution in [3.63, 3.8) is 0 Å². The number of esters is 1. The number of rotatable bonds is 6. The number of nitrogens with one attached hydrogen (secondary N) is 1. The molecule has 1 aromatic carbocycles. The van der Waals surface area contributed by atoms with Gasteiger partial charge in [-0.3, -0.25) is 9.59 Å². The van der Waals surface area contributed by atoms with Gasteiger partial charge in [0.2, 0.25) is 6.79 Å². The highest BCUT2D eigenvalue weighted by atomic mass is 32.1. The summed E-state index contributed by atoms with van der Waals surface area (Å²) in [6, 6.07) is 9.00. The molecule has 0 radical (unpaired) electrons. The second-order valence-electron chi connectivity index (χ2n) is 5.27. The Hall–Kier alpha value is -2.54. The van der Waals surface area contributed by atoms with Crippen LogP contribution in [-0.2, 0) is 20.7 Å². The zero-order chi connectivity index (χ0) is 16.9. The van der Waals surface area contributed by atoms with E-state index in [9.17, 15) is 9.59 Å². The van der Waals surface area contributed by atoms with Crippen molar-refractivity contribution in [2.24, 2.45) is 0 Å². The molecule has 3 rings (SSSR count). The Morgan fingerprint density at radius 1 is 1.29 bits per heavy atom. The van der Waals surface area contributed by atoms with Gasteiger partial charge in [-0.15, -0.1) is 11.3 Å². The average molecular weight is 347 g/mol. The zero-order valence-corrected chi connectivity index (χ0v) is 13.9. The predicted molar refractivity (Wildman–Crippen MR) is 89.4 cm³/mol. The molecule has 0 spiro atoms. The molecule has 0 fully saturated rings. The van der Waals surface area contributed by atoms with Crippen LogP contribution in [0.2, 0.25) is 0 Å². The van der Waals surface area contributed by atoms with E-state index in [-0.39, 0.29) is 13.2 Å². The van der Waals surface area contributed by atoms with Gasteiger partial charge in [0.1, 0.15) is 0 Å². The number of anilines is 1. The highest BCUT2D eigenvalue weighted by Crippen LogP contribution is 2.34. The van der Waals surface area contributed by atoms with E-state index in [1.807, 2.05) is 17.5 Å². The molecule has 1 aromatic heterocycles. The van der Waals surface area contributed by atoms with Crippen molar-refractivity contribution >= 4 is 28.9 Å². The number of fused-ring (bicyclic) bond motifs is 1. The molecule has 0 saturated carbocycles. The minimum atomic E-state index is -0.869. The molecule has 6 nitrogen and oxygen atoms in total. The molecular weight excluding hydrogens is 330 g/mol. The van der Waals surface area contributed by atoms with Crippen molar-refractivity contribution in [3.8, 4) is 11.5 Å². The highest BCUT2D eigenvalue weighted by molar-refractivity contribution is 7.09. The molecule has 2 aromatic rings. The molecule has 1 atom stereocenters. The van der Waals surface area contributed by atoms with Crippen molar-refractivity contribution < 1.29 is 23.8 Å². The second kappa shape index (κ2) is 7.35. The van der Waals surface area contributed by atoms with Gasteiger partial charge in [0, 0.05) is 16.6 Å². The fourth-order valence-corrected chi connectivity index (χ4v) is 2.92. The van der Waals surface area contributed by atoms with Crippen LogP contribution in [0, 0.1) is 0 Å². The molecule has 1 aliphatic heterocycles. The Morgan fingerprint density at radius 3 is 2.92 bits per heavy atom. The van der Waals surface area contributed by atoms with E-state index in [0.29, 0.717) is 23.6 Å². The van der Waals surface area contributed by atoms with Crippen molar-refractivity contribution in [1.82, 2.24) is 0 Å². The van der Waals surface area contributed by atoms with Crippen molar-refractivity contribution in [1.29, 1.82) is 0 Å². The van der Waals surface area contributed by atoms with E-state index >= 15 is 0 Å². The summed E-state index contributed by atoms with van der Waals surface area (Å²) >= 11 is 1.59. The lowest BCUT2D eigenvalue weighted by Crippen LogP contribution is -2.30. The molecule has 126 valence electrons. The summed E-state index contributed by atoms with van der Waals surface area (Å²) in [7, 11) is 0. The van der Waals surface area contributed by atoms with Crippen molar-refractivity contribution in [2.75, 3.05) is 12.1 Å². The largest absolute Gasteiger partial charge is 0.454 e. The Bertz CT molecular complexity index is 729. The van der Waals surface area contributed by atoms with Crippen LogP contribution in [0.1, 0.15) is 18.2 Å². The number of ether oxygens (including phenoxy) is 3. The topological polar surface area (TPSA) is 73.9 Å². The van der Waals surface area contributed by atoms with Gasteiger partial charge in [-0.1, -0.05) is 6.07 Å². The third kappa shape index (κ3) is 4.05. The highest BCUT2D eigenvalue weighted by Gasteiger charge is 2.19. The number of hydrogen-bond acceptors (Lipinski definition) is 6. The number of benzene rings is 1. The molecule has 1 aliphatic rings. The lowest BCUT2D eigenvalue weighted by atomic mass is 10.2. The SMILES string of the molecule is C[C@H](OC(=O)CCc1cccs1)C(=O)Nc1ccc2c(c1)OCO2. The van der Waals surface area contributed by atoms with Gasteiger partial charge in [-0.25, -0.2) is 0 Å². The quantitative estimate of drug-likeness (QED) is 0.813. The van der Waals surface area contributed by atoms with Gasteiger partial charge in [0.15, 0.2) is 17.6 Å². The molecule has 24 heavy (non-hydrogen) atoms. The van der Waals surface area contributed by atoms with Crippen LogP contribution in [-0.4, -0.2) is 24.8 Å². The number of carbonyl (C=O) groups excluding carboxylic acids is 2. The molecule has 0 bridgehead atoms. The van der Waals surface area contributed by atoms with E-state index in [2.05, 4.69) is 5.32 Å². The first-order valence-electron chi connectivity index (χ1n) is 7.54. The van der Waals surface area contributed by atoms with Crippen molar-refractivity contribution in [3.05, 3.63) is 40.6 Å². The Morgan fingerprint density at radius 2 is 2.12 bits per heavy atom. The monoisotopic (exact) mass is 347 g/mol. The predicted octanol–water partition coefficient (Wildman–Crippen LogP) is 2.98. The zero-order valence-electron chi connectivity index (χ0n) is 13.1. The Balaban J connectivity index is 1.48. The summed E-state index contributed by atoms with van der Waals surface area (Å²) in [5.41, 5.74) is 0.561. The first-order chi connectivity index (χ1) is 11.6. The van der Waals surface area contributed by atoms with Crippen LogP contribution in [0.5, 0.6) is 11.5 Å². The maximum Gasteiger partial charge on any atom is 0.306 e. The van der Waals surface area contributed by atoms with E-state index in [4.69, 9.17) is 14.2 Å². The van der Waals surface area contributed by atoms with Crippen LogP contribution in [0.4, 0.5) is 5.69 Å². The molecule has 0 aliphatic carbocycles. The molecule has 1 N–H and O–H groups in total. The fourth-order valence-electron chi connectivity index (χ4n) is 2.21. The fraction of sp³-hybridized carbons (Fsp3) is 0.294. The van der Waals surface area contributed by atoms with Crippen LogP contribution in [0.3, 0.4) is 0 Å². The van der Waals surface area contributed by atoms with Gasteiger partial charge in [0.05, 0.1) is 6.42 Å². The summed E-state index contributed by atoms with van der Waals surface area (Å²) in [6.07, 6.45) is 0.000991. The van der Waals surface area contributed by atoms with Crippen LogP contribution in [0.15, 0.2) is 35.7 Å². The molecular formula is C17H17NO5S. The molecule has 2 heterocycles. The number of hydrogen-bond donors (Lipinski definition) is 1. The minimum absolute atomic E-state index is 0.172. The van der Waals surface area contributed by atoms with Crippen LogP contribution < -0.4 is 14.8 Å². The normalized spacial score (nSPS) is 13.4. The van der Waals surface area contributed by atoms with Gasteiger partial charge in [0.25, 0.3) is 5.91 Å². The Labute approximate surface area is 143 Å². The second-order valence-corrected chi connectivity index (χ2v) is 6.30. The third-order valence-corrected chi connectivity index (χ3v) is 4.41. The molecule has 0 saturated heterocycles. The molecule has 1 amide bonds. The maximum atomic E-state index is 12.1. The summed E-state index contributed by atoms with van der Waals surface area (Å²) < 4.78 is 15.6. The van der Waals surface area contributed by atoms with Gasteiger partial charge in [-0.2, -0.15) is 0 Å². The smallest absolute Gasteiger partial charge is 0.306 e. The summed E-state index contributed by atoms with van der Waals surface area (Å²) in [6.45, 7) is 1.72. The maximum absolute atomic E-state index is 12.1. The first-order valence-corrected chi connectivity index (χ1v) is 8.42. The first kappa shape index (κ1) is 16.3. The van der Waals surface area contributed by atoms with Crippen LogP contribution in [0.25, 0.3) is 0 Å². The number of amides is 1. The Kier molecular flexibility index (Phi) is 5.00. The number of carbonyl (C=O) groups is 2. The van der Waals surface area contributed by atoms with Gasteiger partial charge in [-0.05, 0) is 36.9 Å². The lowest BCUT2D eigenvalue weighted by Gasteiger charge is -2.13. The van der Waals surface area contributed by atoms with E-state index in [1.54, 1.807) is 36.5 Å². The number of thiophene rings is 1. The molecule has 7 heteroatoms. The summed E-state index contributed by atoms with van der Waals surface area (Å²) in [5, 5.41) is 4.66. The standard InChI is InChI=1S/C17H17NO5S/c1-11(23-16(19)7-5-13-3-2-8-24-13)17(20)18-12-4-6-14-15(9-12)22-10-21-14/h2-4,6,8-9,11H,5,7,10H2,1H3,(H,18,20)/t11-/m0/s1. The van der Waals surface area contributed by atoms with E-state index in [0.717, 1.165) is 4.88 Å². The minimum Gasteiger partial charge on any atom is -0.454 e. The van der Waals surface area contributed by atoms with Gasteiger partial charge >= 0.3 is 5.97 Å². The van der Waals surface area contributed by atoms with Gasteiger partial charge < -0.3 is 19.5 Å². The average Bonchev–Trinajstić information content (AvgIpc) is 3.23. The number of aryl methyl sites for hydroxylation is 1. The van der Waals surface area contributed by atoms with E-state index < -0.39 is 18.0 Å².